The predicted molar refractivity (Wildman–Crippen MR) is 138 cm³/mol. The van der Waals surface area contributed by atoms with Crippen molar-refractivity contribution in [3.8, 4) is 5.75 Å². The number of nitrogens with two attached hydrogens (primary N) is 1. The van der Waals surface area contributed by atoms with E-state index in [0.717, 1.165) is 6.26 Å². The first-order valence-corrected chi connectivity index (χ1v) is 13.5. The van der Waals surface area contributed by atoms with Crippen molar-refractivity contribution in [3.05, 3.63) is 55.0 Å². The van der Waals surface area contributed by atoms with Crippen molar-refractivity contribution in [2.45, 2.75) is 57.0 Å². The first-order valence-electron chi connectivity index (χ1n) is 11.6. The Hall–Kier alpha value is -3.38. The van der Waals surface area contributed by atoms with Crippen LogP contribution >= 0.6 is 19.3 Å². The molecule has 204 valence electrons. The lowest BCUT2D eigenvalue weighted by Crippen LogP contribution is -2.36. The van der Waals surface area contributed by atoms with Crippen molar-refractivity contribution < 1.29 is 33.0 Å². The van der Waals surface area contributed by atoms with Crippen molar-refractivity contribution in [1.29, 1.82) is 0 Å². The number of halogens is 1. The van der Waals surface area contributed by atoms with Crippen LogP contribution in [0.5, 0.6) is 5.75 Å². The summed E-state index contributed by atoms with van der Waals surface area (Å²) >= 11 is 6.69. The number of nitrogens with zero attached hydrogens (tertiary/aromatic N) is 4. The molecule has 0 spiro atoms. The Morgan fingerprint density at radius 2 is 2.00 bits per heavy atom. The summed E-state index contributed by atoms with van der Waals surface area (Å²) in [5, 5.41) is 13.5. The Morgan fingerprint density at radius 1 is 1.29 bits per heavy atom. The molecule has 0 amide bonds. The average molecular weight is 567 g/mol. The van der Waals surface area contributed by atoms with Crippen LogP contribution in [0, 0.1) is 0 Å². The number of esters is 1. The molecule has 1 aliphatic heterocycles. The van der Waals surface area contributed by atoms with Gasteiger partial charge in [-0.15, -0.1) is 11.6 Å². The molecular weight excluding hydrogens is 539 g/mol. The highest BCUT2D eigenvalue weighted by Crippen LogP contribution is 2.49. The van der Waals surface area contributed by atoms with Gasteiger partial charge in [-0.05, 0) is 39.8 Å². The van der Waals surface area contributed by atoms with Gasteiger partial charge in [-0.1, -0.05) is 18.2 Å². The van der Waals surface area contributed by atoms with Crippen LogP contribution in [0.4, 0.5) is 5.82 Å². The Bertz CT molecular complexity index is 1380. The number of hydrogen-bond acceptors (Lipinski definition) is 11. The number of aliphatic hydroxyl groups is 1. The van der Waals surface area contributed by atoms with Crippen LogP contribution in [0.3, 0.4) is 0 Å². The third-order valence-corrected chi connectivity index (χ3v) is 7.44. The van der Waals surface area contributed by atoms with Gasteiger partial charge in [-0.2, -0.15) is 5.09 Å². The zero-order chi connectivity index (χ0) is 27.7. The van der Waals surface area contributed by atoms with Gasteiger partial charge in [0.05, 0.1) is 6.10 Å². The molecule has 0 bridgehead atoms. The molecule has 3 heterocycles. The molecule has 2 aromatic heterocycles. The van der Waals surface area contributed by atoms with E-state index in [-0.39, 0.29) is 23.4 Å². The van der Waals surface area contributed by atoms with E-state index in [9.17, 15) is 14.5 Å². The van der Waals surface area contributed by atoms with Gasteiger partial charge in [0.15, 0.2) is 23.5 Å². The van der Waals surface area contributed by atoms with E-state index in [2.05, 4.69) is 20.0 Å². The van der Waals surface area contributed by atoms with Crippen LogP contribution in [0.2, 0.25) is 0 Å². The van der Waals surface area contributed by atoms with Crippen molar-refractivity contribution in [3.63, 3.8) is 0 Å². The highest BCUT2D eigenvalue weighted by molar-refractivity contribution is 7.52. The fraction of sp³-hybridized carbons (Fsp3) is 0.391. The molecule has 38 heavy (non-hydrogen) atoms. The second-order valence-corrected chi connectivity index (χ2v) is 11.4. The molecule has 1 unspecified atom stereocenters. The molecule has 1 saturated heterocycles. The van der Waals surface area contributed by atoms with Crippen LogP contribution in [0.15, 0.2) is 55.0 Å². The van der Waals surface area contributed by atoms with Gasteiger partial charge in [0, 0.05) is 0 Å². The molecule has 0 radical (unpaired) electrons. The predicted octanol–water partition coefficient (Wildman–Crippen LogP) is 3.27. The average Bonchev–Trinajstić information content (AvgIpc) is 3.37. The molecule has 0 aliphatic carbocycles. The first-order chi connectivity index (χ1) is 17.9. The highest BCUT2D eigenvalue weighted by atomic mass is 35.5. The summed E-state index contributed by atoms with van der Waals surface area (Å²) in [4.78, 5) is 23.2. The number of carbonyl (C=O) groups excluding carboxylic acids is 1. The first kappa shape index (κ1) is 27.6. The molecule has 1 aliphatic rings. The molecule has 1 aromatic carbocycles. The van der Waals surface area contributed by atoms with Crippen LogP contribution in [0.25, 0.3) is 11.2 Å². The van der Waals surface area contributed by atoms with E-state index in [0.29, 0.717) is 11.2 Å². The quantitative estimate of drug-likeness (QED) is 0.149. The molecular formula is C23H28ClN6O7P. The standard InChI is InChI=1S/C23H28ClN6O7P/c1-13(2)35-21(32)14(3)29-38(33,37-15-8-6-5-7-9-15)34-10-16-18(31)23(4,24)22(36-16)30-12-28-17-19(25)26-11-27-20(17)30/h5-14,18,22,31H,1-4H3,(H,29,33)(H2,25,26,27)/b16-10+/t14-,18-,22-,23-,38?/m1/s1. The maximum atomic E-state index is 13.7. The Balaban J connectivity index is 1.61. The van der Waals surface area contributed by atoms with Gasteiger partial charge >= 0.3 is 13.7 Å². The summed E-state index contributed by atoms with van der Waals surface area (Å²) in [7, 11) is -4.26. The third-order valence-electron chi connectivity index (χ3n) is 5.51. The van der Waals surface area contributed by atoms with Crippen molar-refractivity contribution in [2.75, 3.05) is 5.73 Å². The zero-order valence-corrected chi connectivity index (χ0v) is 22.7. The number of anilines is 1. The number of aliphatic hydroxyl groups excluding tert-OH is 1. The van der Waals surface area contributed by atoms with E-state index in [4.69, 9.17) is 35.9 Å². The number of fused-ring (bicyclic) bond motifs is 1. The summed E-state index contributed by atoms with van der Waals surface area (Å²) in [6.45, 7) is 6.37. The maximum absolute atomic E-state index is 13.7. The molecule has 0 saturated carbocycles. The number of nitrogens with one attached hydrogen (secondary N) is 1. The second kappa shape index (κ2) is 10.8. The number of rotatable bonds is 9. The second-order valence-electron chi connectivity index (χ2n) is 8.97. The fourth-order valence-corrected chi connectivity index (χ4v) is 5.26. The van der Waals surface area contributed by atoms with Crippen molar-refractivity contribution in [2.24, 2.45) is 0 Å². The lowest BCUT2D eigenvalue weighted by atomic mass is 10.0. The van der Waals surface area contributed by atoms with Crippen LogP contribution < -0.4 is 15.3 Å². The number of alkyl halides is 1. The highest BCUT2D eigenvalue weighted by Gasteiger charge is 2.52. The number of benzene rings is 1. The molecule has 3 aromatic rings. The Kier molecular flexibility index (Phi) is 7.84. The number of nitrogen functional groups attached to an aromatic ring is 1. The molecule has 1 fully saturated rings. The van der Waals surface area contributed by atoms with Crippen LogP contribution in [-0.2, 0) is 23.4 Å². The largest absolute Gasteiger partial charge is 0.513 e. The van der Waals surface area contributed by atoms with Gasteiger partial charge < -0.3 is 29.4 Å². The normalized spacial score (nSPS) is 24.7. The van der Waals surface area contributed by atoms with Gasteiger partial charge in [-0.25, -0.2) is 19.5 Å². The van der Waals surface area contributed by atoms with Crippen molar-refractivity contribution in [1.82, 2.24) is 24.6 Å². The minimum absolute atomic E-state index is 0.146. The van der Waals surface area contributed by atoms with Crippen LogP contribution in [0.1, 0.15) is 33.9 Å². The molecule has 4 N–H and O–H groups in total. The van der Waals surface area contributed by atoms with Gasteiger partial charge in [-0.3, -0.25) is 9.36 Å². The minimum Gasteiger partial charge on any atom is -0.466 e. The lowest BCUT2D eigenvalue weighted by molar-refractivity contribution is -0.149. The summed E-state index contributed by atoms with van der Waals surface area (Å²) < 4.78 is 37.4. The maximum Gasteiger partial charge on any atom is 0.513 e. The number of carbonyl (C=O) groups is 1. The SMILES string of the molecule is CC(C)OC(=O)[C@@H](C)NP(=O)(O/C=C1/O[C@@H](n2cnc3c(N)ncnc32)[C@](C)(Cl)[C@@H]1O)Oc1ccccc1. The molecule has 15 heteroatoms. The van der Waals surface area contributed by atoms with E-state index >= 15 is 0 Å². The summed E-state index contributed by atoms with van der Waals surface area (Å²) in [6.07, 6.45) is 0.815. The zero-order valence-electron chi connectivity index (χ0n) is 21.0. The van der Waals surface area contributed by atoms with Gasteiger partial charge in [0.1, 0.15) is 47.2 Å². The fourth-order valence-electron chi connectivity index (χ4n) is 3.63. The van der Waals surface area contributed by atoms with Crippen molar-refractivity contribution >= 4 is 42.3 Å². The Labute approximate surface area is 223 Å². The van der Waals surface area contributed by atoms with E-state index in [1.165, 1.54) is 24.1 Å². The summed E-state index contributed by atoms with van der Waals surface area (Å²) in [5.74, 6) is -0.432. The van der Waals surface area contributed by atoms with E-state index < -0.39 is 37.0 Å². The molecule has 13 nitrogen and oxygen atoms in total. The number of imidazole rings is 1. The van der Waals surface area contributed by atoms with Gasteiger partial charge in [0.25, 0.3) is 0 Å². The summed E-state index contributed by atoms with van der Waals surface area (Å²) in [5.41, 5.74) is 6.54. The van der Waals surface area contributed by atoms with E-state index in [1.807, 2.05) is 0 Å². The number of hydrogen-bond donors (Lipinski definition) is 3. The number of para-hydroxylation sites is 1. The third kappa shape index (κ3) is 5.70. The number of aromatic nitrogens is 4. The van der Waals surface area contributed by atoms with Crippen LogP contribution in [-0.4, -0.2) is 53.7 Å². The minimum atomic E-state index is -4.26. The lowest BCUT2D eigenvalue weighted by Gasteiger charge is -2.24. The monoisotopic (exact) mass is 566 g/mol. The Morgan fingerprint density at radius 3 is 2.68 bits per heavy atom. The molecule has 4 rings (SSSR count). The topological polar surface area (TPSA) is 173 Å². The van der Waals surface area contributed by atoms with Gasteiger partial charge in [0.2, 0.25) is 0 Å². The smallest absolute Gasteiger partial charge is 0.466 e. The number of ether oxygens (including phenoxy) is 2. The molecule has 5 atom stereocenters. The van der Waals surface area contributed by atoms with E-state index in [1.54, 1.807) is 51.1 Å². The summed E-state index contributed by atoms with van der Waals surface area (Å²) in [6, 6.07) is 7.16.